The summed E-state index contributed by atoms with van der Waals surface area (Å²) in [6.45, 7) is 4.06. The first kappa shape index (κ1) is 20.7. The van der Waals surface area contributed by atoms with Crippen molar-refractivity contribution < 1.29 is 18.0 Å². The fraction of sp³-hybridized carbons (Fsp3) is 0.208. The minimum atomic E-state index is -1.09. The highest BCUT2D eigenvalue weighted by molar-refractivity contribution is 5.66. The van der Waals surface area contributed by atoms with Gasteiger partial charge in [0.2, 0.25) is 11.6 Å². The van der Waals surface area contributed by atoms with Crippen molar-refractivity contribution >= 4 is 0 Å². The van der Waals surface area contributed by atoms with E-state index in [1.54, 1.807) is 6.92 Å². The molecule has 0 spiro atoms. The van der Waals surface area contributed by atoms with Crippen LogP contribution in [0.15, 0.2) is 59.3 Å². The van der Waals surface area contributed by atoms with Crippen molar-refractivity contribution in [3.05, 3.63) is 71.9 Å². The van der Waals surface area contributed by atoms with Gasteiger partial charge in [0.1, 0.15) is 0 Å². The molecule has 7 heteroatoms. The molecule has 0 radical (unpaired) electrons. The van der Waals surface area contributed by atoms with E-state index >= 15 is 0 Å². The molecule has 4 rings (SSSR count). The van der Waals surface area contributed by atoms with Crippen LogP contribution >= 0.6 is 0 Å². The second kappa shape index (κ2) is 9.04. The molecule has 0 bridgehead atoms. The molecule has 0 aliphatic heterocycles. The van der Waals surface area contributed by atoms with Gasteiger partial charge in [-0.05, 0) is 37.1 Å². The van der Waals surface area contributed by atoms with E-state index in [4.69, 9.17) is 9.26 Å². The van der Waals surface area contributed by atoms with Crippen molar-refractivity contribution in [1.29, 1.82) is 0 Å². The summed E-state index contributed by atoms with van der Waals surface area (Å²) in [5.41, 5.74) is 3.60. The first-order valence-electron chi connectivity index (χ1n) is 10.1. The first-order chi connectivity index (χ1) is 15.1. The zero-order chi connectivity index (χ0) is 21.8. The Kier molecular flexibility index (Phi) is 6.02. The lowest BCUT2D eigenvalue weighted by molar-refractivity contribution is 0.314. The van der Waals surface area contributed by atoms with Gasteiger partial charge in [-0.15, -0.1) is 0 Å². The average molecular weight is 421 g/mol. The van der Waals surface area contributed by atoms with Crippen molar-refractivity contribution in [2.24, 2.45) is 0 Å². The third-order valence-electron chi connectivity index (χ3n) is 4.81. The maximum Gasteiger partial charge on any atom is 0.261 e. The molecule has 2 aromatic carbocycles. The topological polar surface area (TPSA) is 61.0 Å². The number of hydrogen-bond donors (Lipinski definition) is 0. The number of benzene rings is 2. The fourth-order valence-electron chi connectivity index (χ4n) is 3.24. The molecule has 0 aliphatic rings. The molecule has 31 heavy (non-hydrogen) atoms. The van der Waals surface area contributed by atoms with Gasteiger partial charge in [-0.1, -0.05) is 48.8 Å². The standard InChI is InChI=1S/C24H21F2N3O2/c1-3-5-15-6-12-19(27-14-15)16-7-9-17(10-8-16)23-28-24(31-29-23)18-11-13-20(30-4-2)22(26)21(18)25/h6-14H,3-5H2,1-2H3. The largest absolute Gasteiger partial charge is 0.491 e. The number of aromatic nitrogens is 3. The van der Waals surface area contributed by atoms with Crippen LogP contribution in [0.2, 0.25) is 0 Å². The molecule has 0 saturated carbocycles. The summed E-state index contributed by atoms with van der Waals surface area (Å²) >= 11 is 0. The van der Waals surface area contributed by atoms with Crippen LogP contribution < -0.4 is 4.74 Å². The smallest absolute Gasteiger partial charge is 0.261 e. The molecular formula is C24H21F2N3O2. The number of nitrogens with zero attached hydrogens (tertiary/aromatic N) is 3. The predicted molar refractivity (Wildman–Crippen MR) is 113 cm³/mol. The second-order valence-corrected chi connectivity index (χ2v) is 6.97. The summed E-state index contributed by atoms with van der Waals surface area (Å²) in [5, 5.41) is 3.90. The zero-order valence-electron chi connectivity index (χ0n) is 17.2. The minimum Gasteiger partial charge on any atom is -0.491 e. The molecule has 4 aromatic rings. The van der Waals surface area contributed by atoms with E-state index in [-0.39, 0.29) is 29.6 Å². The lowest BCUT2D eigenvalue weighted by atomic mass is 10.1. The van der Waals surface area contributed by atoms with Gasteiger partial charge in [-0.2, -0.15) is 9.37 Å². The van der Waals surface area contributed by atoms with Gasteiger partial charge in [0.05, 0.1) is 17.9 Å². The lowest BCUT2D eigenvalue weighted by Crippen LogP contribution is -1.98. The van der Waals surface area contributed by atoms with Crippen LogP contribution in [0, 0.1) is 11.6 Å². The Morgan fingerprint density at radius 2 is 1.68 bits per heavy atom. The van der Waals surface area contributed by atoms with Crippen molar-refractivity contribution in [2.75, 3.05) is 6.61 Å². The number of ether oxygens (including phenoxy) is 1. The Balaban J connectivity index is 1.56. The molecule has 0 fully saturated rings. The van der Waals surface area contributed by atoms with E-state index < -0.39 is 11.6 Å². The highest BCUT2D eigenvalue weighted by Crippen LogP contribution is 2.30. The molecule has 0 unspecified atom stereocenters. The Morgan fingerprint density at radius 3 is 2.35 bits per heavy atom. The molecule has 0 N–H and O–H groups in total. The van der Waals surface area contributed by atoms with E-state index in [1.807, 2.05) is 36.5 Å². The van der Waals surface area contributed by atoms with Crippen LogP contribution in [0.5, 0.6) is 5.75 Å². The molecule has 158 valence electrons. The maximum atomic E-state index is 14.4. The zero-order valence-corrected chi connectivity index (χ0v) is 17.2. The monoisotopic (exact) mass is 421 g/mol. The second-order valence-electron chi connectivity index (χ2n) is 6.97. The first-order valence-corrected chi connectivity index (χ1v) is 10.1. The van der Waals surface area contributed by atoms with Gasteiger partial charge < -0.3 is 9.26 Å². The van der Waals surface area contributed by atoms with Crippen LogP contribution in [0.1, 0.15) is 25.8 Å². The Bertz CT molecular complexity index is 1170. The summed E-state index contributed by atoms with van der Waals surface area (Å²) < 4.78 is 38.8. The molecule has 0 saturated heterocycles. The van der Waals surface area contributed by atoms with Gasteiger partial charge >= 0.3 is 0 Å². The minimum absolute atomic E-state index is 0.105. The van der Waals surface area contributed by atoms with Gasteiger partial charge in [-0.25, -0.2) is 4.39 Å². The third kappa shape index (κ3) is 4.30. The lowest BCUT2D eigenvalue weighted by Gasteiger charge is -2.06. The summed E-state index contributed by atoms with van der Waals surface area (Å²) in [6, 6.07) is 14.3. The predicted octanol–water partition coefficient (Wildman–Crippen LogP) is 6.10. The van der Waals surface area contributed by atoms with E-state index in [0.29, 0.717) is 5.56 Å². The number of hydrogen-bond acceptors (Lipinski definition) is 5. The number of aryl methyl sites for hydroxylation is 1. The number of halogens is 2. The molecule has 2 aromatic heterocycles. The molecule has 0 aliphatic carbocycles. The van der Waals surface area contributed by atoms with Gasteiger partial charge in [0.15, 0.2) is 11.6 Å². The van der Waals surface area contributed by atoms with Crippen LogP contribution in [0.25, 0.3) is 34.1 Å². The van der Waals surface area contributed by atoms with Gasteiger partial charge in [0, 0.05) is 17.3 Å². The molecule has 5 nitrogen and oxygen atoms in total. The molecule has 2 heterocycles. The van der Waals surface area contributed by atoms with E-state index in [0.717, 1.165) is 24.1 Å². The summed E-state index contributed by atoms with van der Waals surface area (Å²) in [5.74, 6) is -2.15. The normalized spacial score (nSPS) is 11.0. The maximum absolute atomic E-state index is 14.4. The summed E-state index contributed by atoms with van der Waals surface area (Å²) in [6.07, 6.45) is 3.98. The van der Waals surface area contributed by atoms with Crippen LogP contribution in [-0.2, 0) is 6.42 Å². The van der Waals surface area contributed by atoms with Crippen molar-refractivity contribution in [3.8, 4) is 39.8 Å². The van der Waals surface area contributed by atoms with Crippen LogP contribution in [0.4, 0.5) is 8.78 Å². The third-order valence-corrected chi connectivity index (χ3v) is 4.81. The van der Waals surface area contributed by atoms with Crippen molar-refractivity contribution in [1.82, 2.24) is 15.1 Å². The average Bonchev–Trinajstić information content (AvgIpc) is 3.28. The van der Waals surface area contributed by atoms with E-state index in [2.05, 4.69) is 28.1 Å². The number of pyridine rings is 1. The van der Waals surface area contributed by atoms with Crippen molar-refractivity contribution in [3.63, 3.8) is 0 Å². The van der Waals surface area contributed by atoms with Crippen LogP contribution in [-0.4, -0.2) is 21.7 Å². The Hall–Kier alpha value is -3.61. The van der Waals surface area contributed by atoms with E-state index in [9.17, 15) is 8.78 Å². The van der Waals surface area contributed by atoms with Gasteiger partial charge in [0.25, 0.3) is 5.89 Å². The molecule has 0 atom stereocenters. The summed E-state index contributed by atoms with van der Waals surface area (Å²) in [7, 11) is 0. The molecule has 0 amide bonds. The number of rotatable bonds is 7. The quantitative estimate of drug-likeness (QED) is 0.361. The highest BCUT2D eigenvalue weighted by atomic mass is 19.2. The SMILES string of the molecule is CCCc1ccc(-c2ccc(-c3noc(-c4ccc(OCC)c(F)c4F)n3)cc2)nc1. The Labute approximate surface area is 178 Å². The Morgan fingerprint density at radius 1 is 0.903 bits per heavy atom. The molecular weight excluding hydrogens is 400 g/mol. The van der Waals surface area contributed by atoms with Gasteiger partial charge in [-0.3, -0.25) is 4.98 Å². The highest BCUT2D eigenvalue weighted by Gasteiger charge is 2.20. The fourth-order valence-corrected chi connectivity index (χ4v) is 3.24. The van der Waals surface area contributed by atoms with E-state index in [1.165, 1.54) is 17.7 Å². The van der Waals surface area contributed by atoms with Crippen molar-refractivity contribution in [2.45, 2.75) is 26.7 Å². The summed E-state index contributed by atoms with van der Waals surface area (Å²) in [4.78, 5) is 8.74. The van der Waals surface area contributed by atoms with Crippen LogP contribution in [0.3, 0.4) is 0 Å².